The number of alkyl halides is 1. The number of fused-ring (bicyclic) bond motifs is 4. The summed E-state index contributed by atoms with van der Waals surface area (Å²) in [5.41, 5.74) is 14.1. The minimum Gasteiger partial charge on any atom is -0.397 e. The lowest BCUT2D eigenvalue weighted by molar-refractivity contribution is -0.0521. The average Bonchev–Trinajstić information content (AvgIpc) is 3.75. The summed E-state index contributed by atoms with van der Waals surface area (Å²) in [6.07, 6.45) is -2.65. The van der Waals surface area contributed by atoms with Gasteiger partial charge in [-0.05, 0) is 23.4 Å². The third-order valence-electron chi connectivity index (χ3n) is 8.24. The number of ether oxygens (including phenoxy) is 2. The monoisotopic (exact) mass is 693 g/mol. The molecule has 46 heavy (non-hydrogen) atoms. The summed E-state index contributed by atoms with van der Waals surface area (Å²) in [6.45, 7) is -0.865. The fourth-order valence-electron chi connectivity index (χ4n) is 6.11. The summed E-state index contributed by atoms with van der Waals surface area (Å²) < 4.78 is 67.3. The molecule has 6 heterocycles. The Kier molecular flexibility index (Phi) is 8.03. The Hall–Kier alpha value is -2.90. The van der Waals surface area contributed by atoms with Crippen molar-refractivity contribution in [2.75, 3.05) is 31.8 Å². The van der Waals surface area contributed by atoms with Crippen LogP contribution in [0.4, 0.5) is 15.9 Å². The number of nitrogen functional groups attached to an aromatic ring is 2. The van der Waals surface area contributed by atoms with E-state index in [4.69, 9.17) is 58.4 Å². The normalized spacial score (nSPS) is 37.2. The van der Waals surface area contributed by atoms with E-state index in [0.29, 0.717) is 22.4 Å². The molecule has 0 amide bonds. The number of aromatic nitrogens is 7. The smallest absolute Gasteiger partial charge is 0.325 e. The first kappa shape index (κ1) is 31.7. The van der Waals surface area contributed by atoms with Crippen molar-refractivity contribution in [3.8, 4) is 0 Å². The largest absolute Gasteiger partial charge is 0.397 e. The van der Waals surface area contributed by atoms with Gasteiger partial charge in [-0.15, -0.1) is 0 Å². The van der Waals surface area contributed by atoms with Crippen molar-refractivity contribution in [3.63, 3.8) is 0 Å². The van der Waals surface area contributed by atoms with Gasteiger partial charge in [0, 0.05) is 19.2 Å². The molecule has 2 radical (unpaired) electrons. The highest BCUT2D eigenvalue weighted by Gasteiger charge is 2.54. The highest BCUT2D eigenvalue weighted by molar-refractivity contribution is 8.07. The van der Waals surface area contributed by atoms with Gasteiger partial charge in [-0.1, -0.05) is 6.58 Å². The number of hydrogen-bond acceptors (Lipinski definition) is 15. The van der Waals surface area contributed by atoms with Crippen molar-refractivity contribution in [3.05, 3.63) is 43.4 Å². The molecule has 1 saturated carbocycles. The Morgan fingerprint density at radius 1 is 1.09 bits per heavy atom. The molecule has 3 aliphatic rings. The van der Waals surface area contributed by atoms with Gasteiger partial charge >= 0.3 is 6.72 Å². The molecule has 2 aliphatic heterocycles. The predicted molar refractivity (Wildman–Crippen MR) is 164 cm³/mol. The molecule has 1 aliphatic carbocycles. The highest BCUT2D eigenvalue weighted by Crippen LogP contribution is 2.56. The number of methoxy groups -OCH3 is 1. The van der Waals surface area contributed by atoms with E-state index in [-0.39, 0.29) is 23.6 Å². The Morgan fingerprint density at radius 2 is 1.83 bits per heavy atom. The van der Waals surface area contributed by atoms with Gasteiger partial charge < -0.3 is 44.0 Å². The Labute approximate surface area is 266 Å². The minimum absolute atomic E-state index is 0.0778. The summed E-state index contributed by atoms with van der Waals surface area (Å²) in [5, 5.41) is 0. The zero-order chi connectivity index (χ0) is 32.5. The number of rotatable bonds is 3. The maximum absolute atomic E-state index is 16.1. The van der Waals surface area contributed by atoms with Crippen LogP contribution in [0.3, 0.4) is 0 Å². The van der Waals surface area contributed by atoms with Crippen LogP contribution in [0.15, 0.2) is 43.4 Å². The van der Waals surface area contributed by atoms with E-state index in [1.54, 1.807) is 10.6 Å². The molecule has 3 fully saturated rings. The molecule has 4 aromatic heterocycles. The van der Waals surface area contributed by atoms with Crippen LogP contribution < -0.4 is 11.5 Å². The lowest BCUT2D eigenvalue weighted by Gasteiger charge is -2.31. The van der Waals surface area contributed by atoms with Gasteiger partial charge in [-0.3, -0.25) is 13.7 Å². The molecule has 2 saturated heterocycles. The van der Waals surface area contributed by atoms with E-state index in [1.165, 1.54) is 36.9 Å². The lowest BCUT2D eigenvalue weighted by atomic mass is 10.0. The summed E-state index contributed by atoms with van der Waals surface area (Å²) in [7, 11) is 3.10. The number of imidazole rings is 2. The van der Waals surface area contributed by atoms with Crippen LogP contribution in [-0.4, -0.2) is 97.4 Å². The van der Waals surface area contributed by atoms with Crippen LogP contribution in [0.2, 0.25) is 0 Å². The lowest BCUT2D eigenvalue weighted by Crippen LogP contribution is -2.37. The molecule has 10 atom stereocenters. The van der Waals surface area contributed by atoms with E-state index in [2.05, 4.69) is 31.5 Å². The molecule has 4 aromatic rings. The van der Waals surface area contributed by atoms with Crippen LogP contribution in [-0.2, 0) is 43.9 Å². The molecule has 0 spiro atoms. The molecule has 5 N–H and O–H groups in total. The van der Waals surface area contributed by atoms with Crippen LogP contribution in [0, 0.1) is 5.92 Å². The van der Waals surface area contributed by atoms with E-state index < -0.39 is 69.6 Å². The first-order valence-corrected chi connectivity index (χ1v) is 18.0. The standard InChI is InChI=1S/C24H27BFN9O8P2S/c1-10-11-5-40-45(37,46)43-19-13(41-24(14(19)26)35-9-33-16-21(28)30-7-31-23(16)35)6-39-44(25,36)42-18(11)20(38-2)17(10)34-8-32-15-12(27)3-4-29-22(15)34/h3-4,7-9,11,13-14,17-20,24H,1,5-6H2,2H3,(H2,27,29)(H,37,46)(H2,28,30,31)/t11-,13+,14?,17+,18?,19-,20+,24+,44?,45?/m0/s1. The van der Waals surface area contributed by atoms with Crippen LogP contribution >= 0.6 is 14.2 Å². The van der Waals surface area contributed by atoms with E-state index >= 15 is 4.39 Å². The number of nitrogens with zero attached hydrogens (tertiary/aromatic N) is 7. The van der Waals surface area contributed by atoms with Crippen LogP contribution in [0.25, 0.3) is 22.3 Å². The zero-order valence-corrected chi connectivity index (χ0v) is 26.6. The Morgan fingerprint density at radius 3 is 2.61 bits per heavy atom. The molecule has 7 rings (SSSR count). The SMILES string of the molecule is [B]P1(=O)OC[C@H]2O[C@@H](n3cnc4c(N)ncnc43)C(F)[C@H]2OP(O)(=S)OC[C@H]2C(=C)[C@@H](n3cnc4c(N)ccnc43)[C@@H](OC)C2O1. The molecular weight excluding hydrogens is 666 g/mol. The maximum Gasteiger partial charge on any atom is 0.325 e. The topological polar surface area (TPSA) is 219 Å². The highest BCUT2D eigenvalue weighted by atomic mass is 32.5. The van der Waals surface area contributed by atoms with E-state index in [0.717, 1.165) is 0 Å². The van der Waals surface area contributed by atoms with Gasteiger partial charge in [0.1, 0.15) is 41.8 Å². The fraction of sp³-hybridized carbons (Fsp3) is 0.458. The van der Waals surface area contributed by atoms with E-state index in [9.17, 15) is 9.46 Å². The predicted octanol–water partition coefficient (Wildman–Crippen LogP) is 1.72. The maximum atomic E-state index is 16.1. The number of hydrogen-bond donors (Lipinski definition) is 3. The van der Waals surface area contributed by atoms with Crippen molar-refractivity contribution in [2.24, 2.45) is 5.92 Å². The molecule has 242 valence electrons. The molecule has 0 aromatic carbocycles. The average molecular weight is 693 g/mol. The second kappa shape index (κ2) is 11.7. The van der Waals surface area contributed by atoms with Gasteiger partial charge in [0.25, 0.3) is 7.47 Å². The van der Waals surface area contributed by atoms with Crippen molar-refractivity contribution >= 4 is 67.4 Å². The fourth-order valence-corrected chi connectivity index (χ4v) is 8.58. The first-order valence-electron chi connectivity index (χ1n) is 13.8. The second-order valence-electron chi connectivity index (χ2n) is 10.9. The van der Waals surface area contributed by atoms with Crippen molar-refractivity contribution in [1.29, 1.82) is 0 Å². The number of anilines is 2. The summed E-state index contributed by atoms with van der Waals surface area (Å²) in [6, 6.07) is 0.925. The zero-order valence-electron chi connectivity index (χ0n) is 24.0. The van der Waals surface area contributed by atoms with Crippen LogP contribution in [0.5, 0.6) is 0 Å². The van der Waals surface area contributed by atoms with Gasteiger partial charge in [-0.2, -0.15) is 0 Å². The summed E-state index contributed by atoms with van der Waals surface area (Å²) in [4.78, 5) is 32.1. The van der Waals surface area contributed by atoms with Crippen molar-refractivity contribution in [2.45, 2.75) is 42.9 Å². The van der Waals surface area contributed by atoms with Crippen molar-refractivity contribution in [1.82, 2.24) is 34.1 Å². The van der Waals surface area contributed by atoms with Gasteiger partial charge in [0.15, 0.2) is 29.5 Å². The molecule has 17 nitrogen and oxygen atoms in total. The third kappa shape index (κ3) is 5.36. The van der Waals surface area contributed by atoms with Gasteiger partial charge in [0.05, 0.1) is 37.6 Å². The van der Waals surface area contributed by atoms with Crippen LogP contribution in [0.1, 0.15) is 12.3 Å². The number of nitrogens with two attached hydrogens (primary N) is 2. The molecule has 4 unspecified atom stereocenters. The third-order valence-corrected chi connectivity index (χ3v) is 10.8. The summed E-state index contributed by atoms with van der Waals surface area (Å²) >= 11 is 5.30. The molecular formula is C24H27BFN9O8P2S. The quantitative estimate of drug-likeness (QED) is 0.158. The summed E-state index contributed by atoms with van der Waals surface area (Å²) in [5.74, 6) is -0.743. The molecule has 0 bridgehead atoms. The number of pyridine rings is 1. The van der Waals surface area contributed by atoms with Gasteiger partial charge in [-0.25, -0.2) is 29.3 Å². The number of halogens is 1. The first-order chi connectivity index (χ1) is 21.9. The second-order valence-corrected chi connectivity index (χ2v) is 15.2. The molecule has 22 heteroatoms. The minimum atomic E-state index is -4.40. The Bertz CT molecular complexity index is 1940. The van der Waals surface area contributed by atoms with Gasteiger partial charge in [0.2, 0.25) is 7.57 Å². The van der Waals surface area contributed by atoms with E-state index in [1.807, 2.05) is 0 Å². The van der Waals surface area contributed by atoms with Crippen molar-refractivity contribution < 1.29 is 41.4 Å². The Balaban J connectivity index is 1.20.